The lowest BCUT2D eigenvalue weighted by atomic mass is 10.0. The molecule has 0 saturated carbocycles. The minimum Gasteiger partial charge on any atom is -0.253 e. The molecule has 0 spiro atoms. The number of aromatic nitrogens is 1. The van der Waals surface area contributed by atoms with Gasteiger partial charge in [-0.2, -0.15) is 0 Å². The van der Waals surface area contributed by atoms with Crippen LogP contribution < -0.4 is 0 Å². The van der Waals surface area contributed by atoms with Crippen molar-refractivity contribution >= 4 is 10.9 Å². The molecule has 0 saturated heterocycles. The van der Waals surface area contributed by atoms with Gasteiger partial charge in [0, 0.05) is 11.1 Å². The highest BCUT2D eigenvalue weighted by molar-refractivity contribution is 5.79. The number of fused-ring (bicyclic) bond motifs is 1. The Morgan fingerprint density at radius 3 is 2.71 bits per heavy atom. The third-order valence-corrected chi connectivity index (χ3v) is 3.21. The molecule has 0 radical (unpaired) electrons. The summed E-state index contributed by atoms with van der Waals surface area (Å²) in [5, 5.41) is 1.27. The van der Waals surface area contributed by atoms with E-state index in [2.05, 4.69) is 42.2 Å². The third-order valence-electron chi connectivity index (χ3n) is 3.21. The molecule has 1 heteroatoms. The fraction of sp³-hybridized carbons (Fsp3) is 0.438. The van der Waals surface area contributed by atoms with Crippen LogP contribution in [0.15, 0.2) is 30.3 Å². The molecule has 90 valence electrons. The standard InChI is InChI=1S/C16H21N/c1-3-4-5-6-7-14-9-11-16-15(12-14)10-8-13(2)17-16/h8-12H,3-7H2,1-2H3. The molecule has 0 N–H and O–H groups in total. The number of hydrogen-bond donors (Lipinski definition) is 0. The zero-order valence-electron chi connectivity index (χ0n) is 10.9. The Morgan fingerprint density at radius 2 is 1.88 bits per heavy atom. The van der Waals surface area contributed by atoms with E-state index in [9.17, 15) is 0 Å². The van der Waals surface area contributed by atoms with Gasteiger partial charge in [-0.1, -0.05) is 38.3 Å². The maximum Gasteiger partial charge on any atom is 0.0705 e. The summed E-state index contributed by atoms with van der Waals surface area (Å²) >= 11 is 0. The Bertz CT molecular complexity index is 488. The molecule has 0 unspecified atom stereocenters. The molecule has 2 rings (SSSR count). The van der Waals surface area contributed by atoms with Gasteiger partial charge in [0.2, 0.25) is 0 Å². The Kier molecular flexibility index (Phi) is 4.13. The van der Waals surface area contributed by atoms with E-state index in [1.807, 2.05) is 6.92 Å². The van der Waals surface area contributed by atoms with Gasteiger partial charge in [-0.15, -0.1) is 0 Å². The van der Waals surface area contributed by atoms with Gasteiger partial charge in [0.05, 0.1) is 5.52 Å². The van der Waals surface area contributed by atoms with Crippen LogP contribution in [0.2, 0.25) is 0 Å². The summed E-state index contributed by atoms with van der Waals surface area (Å²) in [6, 6.07) is 10.9. The smallest absolute Gasteiger partial charge is 0.0705 e. The van der Waals surface area contributed by atoms with E-state index in [1.54, 1.807) is 0 Å². The Balaban J connectivity index is 2.07. The molecule has 0 aliphatic rings. The largest absolute Gasteiger partial charge is 0.253 e. The topological polar surface area (TPSA) is 12.9 Å². The van der Waals surface area contributed by atoms with Crippen LogP contribution in [0.4, 0.5) is 0 Å². The second-order valence-corrected chi connectivity index (χ2v) is 4.79. The van der Waals surface area contributed by atoms with Gasteiger partial charge < -0.3 is 0 Å². The first kappa shape index (κ1) is 12.1. The Hall–Kier alpha value is -1.37. The first-order valence-corrected chi connectivity index (χ1v) is 6.66. The van der Waals surface area contributed by atoms with Crippen molar-refractivity contribution in [2.24, 2.45) is 0 Å². The molecule has 1 aromatic heterocycles. The second kappa shape index (κ2) is 5.81. The number of rotatable bonds is 5. The Morgan fingerprint density at radius 1 is 1.00 bits per heavy atom. The quantitative estimate of drug-likeness (QED) is 0.677. The van der Waals surface area contributed by atoms with Crippen molar-refractivity contribution in [3.05, 3.63) is 41.6 Å². The van der Waals surface area contributed by atoms with E-state index in [4.69, 9.17) is 0 Å². The molecular weight excluding hydrogens is 206 g/mol. The van der Waals surface area contributed by atoms with E-state index in [1.165, 1.54) is 43.1 Å². The second-order valence-electron chi connectivity index (χ2n) is 4.79. The Labute approximate surface area is 104 Å². The van der Waals surface area contributed by atoms with Crippen LogP contribution in [0.5, 0.6) is 0 Å². The predicted octanol–water partition coefficient (Wildman–Crippen LogP) is 4.67. The molecule has 2 aromatic rings. The van der Waals surface area contributed by atoms with Gasteiger partial charge in [-0.3, -0.25) is 4.98 Å². The summed E-state index contributed by atoms with van der Waals surface area (Å²) in [5.74, 6) is 0. The van der Waals surface area contributed by atoms with Gasteiger partial charge in [0.25, 0.3) is 0 Å². The molecule has 17 heavy (non-hydrogen) atoms. The van der Waals surface area contributed by atoms with Crippen LogP contribution in [0.3, 0.4) is 0 Å². The highest BCUT2D eigenvalue weighted by atomic mass is 14.7. The molecule has 0 atom stereocenters. The molecule has 0 aliphatic heterocycles. The van der Waals surface area contributed by atoms with Crippen molar-refractivity contribution in [2.45, 2.75) is 46.0 Å². The first-order chi connectivity index (χ1) is 8.29. The zero-order chi connectivity index (χ0) is 12.1. The van der Waals surface area contributed by atoms with Gasteiger partial charge in [-0.05, 0) is 43.5 Å². The van der Waals surface area contributed by atoms with Crippen molar-refractivity contribution < 1.29 is 0 Å². The maximum absolute atomic E-state index is 4.53. The monoisotopic (exact) mass is 227 g/mol. The fourth-order valence-corrected chi connectivity index (χ4v) is 2.19. The van der Waals surface area contributed by atoms with Gasteiger partial charge in [0.15, 0.2) is 0 Å². The van der Waals surface area contributed by atoms with E-state index in [-0.39, 0.29) is 0 Å². The average Bonchev–Trinajstić information content (AvgIpc) is 2.35. The summed E-state index contributed by atoms with van der Waals surface area (Å²) in [5.41, 5.74) is 3.65. The fourth-order valence-electron chi connectivity index (χ4n) is 2.19. The van der Waals surface area contributed by atoms with Gasteiger partial charge in [-0.25, -0.2) is 0 Å². The molecule has 0 aliphatic carbocycles. The molecule has 0 amide bonds. The first-order valence-electron chi connectivity index (χ1n) is 6.66. The molecule has 1 aromatic carbocycles. The van der Waals surface area contributed by atoms with Crippen LogP contribution in [0, 0.1) is 6.92 Å². The van der Waals surface area contributed by atoms with Crippen molar-refractivity contribution in [1.82, 2.24) is 4.98 Å². The number of aryl methyl sites for hydroxylation is 2. The van der Waals surface area contributed by atoms with Crippen LogP contribution in [0.25, 0.3) is 10.9 Å². The van der Waals surface area contributed by atoms with E-state index >= 15 is 0 Å². The predicted molar refractivity (Wildman–Crippen MR) is 74.3 cm³/mol. The normalized spacial score (nSPS) is 10.9. The van der Waals surface area contributed by atoms with E-state index in [0.29, 0.717) is 0 Å². The number of nitrogens with zero attached hydrogens (tertiary/aromatic N) is 1. The van der Waals surface area contributed by atoms with E-state index in [0.717, 1.165) is 11.2 Å². The van der Waals surface area contributed by atoms with Gasteiger partial charge in [0.1, 0.15) is 0 Å². The summed E-state index contributed by atoms with van der Waals surface area (Å²) in [6.45, 7) is 4.29. The van der Waals surface area contributed by atoms with Gasteiger partial charge >= 0.3 is 0 Å². The third kappa shape index (κ3) is 3.29. The lowest BCUT2D eigenvalue weighted by Gasteiger charge is -2.04. The SMILES string of the molecule is CCCCCCc1ccc2nc(C)ccc2c1. The van der Waals surface area contributed by atoms with Crippen LogP contribution in [-0.2, 0) is 6.42 Å². The highest BCUT2D eigenvalue weighted by Gasteiger charge is 1.98. The number of unbranched alkanes of at least 4 members (excludes halogenated alkanes) is 3. The summed E-state index contributed by atoms with van der Waals surface area (Å²) in [6.07, 6.45) is 6.51. The molecule has 1 heterocycles. The minimum atomic E-state index is 1.09. The lowest BCUT2D eigenvalue weighted by Crippen LogP contribution is -1.88. The van der Waals surface area contributed by atoms with Crippen LogP contribution >= 0.6 is 0 Å². The van der Waals surface area contributed by atoms with Crippen LogP contribution in [0.1, 0.15) is 43.9 Å². The minimum absolute atomic E-state index is 1.09. The van der Waals surface area contributed by atoms with Crippen molar-refractivity contribution in [1.29, 1.82) is 0 Å². The van der Waals surface area contributed by atoms with Crippen molar-refractivity contribution in [2.75, 3.05) is 0 Å². The number of benzene rings is 1. The zero-order valence-corrected chi connectivity index (χ0v) is 10.9. The highest BCUT2D eigenvalue weighted by Crippen LogP contribution is 2.16. The summed E-state index contributed by atoms with van der Waals surface area (Å²) < 4.78 is 0. The van der Waals surface area contributed by atoms with E-state index < -0.39 is 0 Å². The van der Waals surface area contributed by atoms with Crippen LogP contribution in [-0.4, -0.2) is 4.98 Å². The molecule has 0 bridgehead atoms. The number of pyridine rings is 1. The summed E-state index contributed by atoms with van der Waals surface area (Å²) in [7, 11) is 0. The number of hydrogen-bond acceptors (Lipinski definition) is 1. The molecule has 1 nitrogen and oxygen atoms in total. The lowest BCUT2D eigenvalue weighted by molar-refractivity contribution is 0.667. The van der Waals surface area contributed by atoms with Crippen molar-refractivity contribution in [3.63, 3.8) is 0 Å². The molecular formula is C16H21N. The van der Waals surface area contributed by atoms with Crippen molar-refractivity contribution in [3.8, 4) is 0 Å². The molecule has 0 fully saturated rings. The summed E-state index contributed by atoms with van der Waals surface area (Å²) in [4.78, 5) is 4.53. The average molecular weight is 227 g/mol. The maximum atomic E-state index is 4.53.